The first-order valence-electron chi connectivity index (χ1n) is 5.27. The van der Waals surface area contributed by atoms with E-state index < -0.39 is 0 Å². The summed E-state index contributed by atoms with van der Waals surface area (Å²) in [6, 6.07) is 7.77. The summed E-state index contributed by atoms with van der Waals surface area (Å²) in [6.45, 7) is 3.67. The summed E-state index contributed by atoms with van der Waals surface area (Å²) in [5, 5.41) is 3.88. The number of likely N-dealkylation sites (N-methyl/N-ethyl adjacent to an activating group) is 1. The molecule has 15 heavy (non-hydrogen) atoms. The van der Waals surface area contributed by atoms with Crippen LogP contribution >= 0.6 is 11.6 Å². The molecule has 0 saturated heterocycles. The van der Waals surface area contributed by atoms with Crippen LogP contribution in [0.1, 0.15) is 18.9 Å². The van der Waals surface area contributed by atoms with Crippen molar-refractivity contribution in [3.8, 4) is 0 Å². The molecule has 0 fully saturated rings. The molecule has 0 aliphatic heterocycles. The van der Waals surface area contributed by atoms with Crippen LogP contribution in [0.15, 0.2) is 24.3 Å². The van der Waals surface area contributed by atoms with E-state index in [1.165, 1.54) is 0 Å². The molecule has 0 radical (unpaired) electrons. The van der Waals surface area contributed by atoms with Gasteiger partial charge in [-0.05, 0) is 31.2 Å². The number of rotatable bonds is 6. The Morgan fingerprint density at radius 2 is 2.00 bits per heavy atom. The summed E-state index contributed by atoms with van der Waals surface area (Å²) in [4.78, 5) is 0. The molecule has 1 aromatic carbocycles. The highest BCUT2D eigenvalue weighted by Gasteiger charge is 2.04. The molecule has 1 unspecified atom stereocenters. The van der Waals surface area contributed by atoms with Gasteiger partial charge in [0.2, 0.25) is 0 Å². The van der Waals surface area contributed by atoms with E-state index in [0.29, 0.717) is 6.61 Å². The smallest absolute Gasteiger partial charge is 0.0721 e. The molecule has 1 N–H and O–H groups in total. The second kappa shape index (κ2) is 6.83. The van der Waals surface area contributed by atoms with Crippen LogP contribution in [0, 0.1) is 0 Å². The largest absolute Gasteiger partial charge is 0.372 e. The van der Waals surface area contributed by atoms with E-state index >= 15 is 0 Å². The van der Waals surface area contributed by atoms with Gasteiger partial charge < -0.3 is 10.1 Å². The molecule has 3 heteroatoms. The Balaban J connectivity index is 2.38. The average Bonchev–Trinajstić information content (AvgIpc) is 2.26. The predicted octanol–water partition coefficient (Wildman–Crippen LogP) is 2.85. The molecule has 1 atom stereocenters. The minimum Gasteiger partial charge on any atom is -0.372 e. The molecular formula is C12H18ClNO. The van der Waals surface area contributed by atoms with Gasteiger partial charge in [-0.25, -0.2) is 0 Å². The van der Waals surface area contributed by atoms with Crippen molar-refractivity contribution in [2.45, 2.75) is 26.1 Å². The highest BCUT2D eigenvalue weighted by molar-refractivity contribution is 6.30. The fraction of sp³-hybridized carbons (Fsp3) is 0.500. The standard InChI is InChI=1S/C12H18ClNO/c1-3-12(8-14-2)15-9-10-4-6-11(13)7-5-10/h4-7,12,14H,3,8-9H2,1-2H3. The van der Waals surface area contributed by atoms with Crippen LogP contribution < -0.4 is 5.32 Å². The quantitative estimate of drug-likeness (QED) is 0.807. The average molecular weight is 228 g/mol. The topological polar surface area (TPSA) is 21.3 Å². The molecule has 0 amide bonds. The van der Waals surface area contributed by atoms with Gasteiger partial charge >= 0.3 is 0 Å². The maximum atomic E-state index is 5.80. The fourth-order valence-corrected chi connectivity index (χ4v) is 1.47. The third kappa shape index (κ3) is 4.65. The second-order valence-corrected chi connectivity index (χ2v) is 3.96. The molecule has 84 valence electrons. The van der Waals surface area contributed by atoms with E-state index in [9.17, 15) is 0 Å². The molecule has 1 rings (SSSR count). The zero-order valence-corrected chi connectivity index (χ0v) is 10.1. The van der Waals surface area contributed by atoms with Crippen molar-refractivity contribution >= 4 is 11.6 Å². The van der Waals surface area contributed by atoms with Crippen LogP contribution in [-0.2, 0) is 11.3 Å². The Morgan fingerprint density at radius 3 is 2.53 bits per heavy atom. The molecule has 0 aliphatic carbocycles. The second-order valence-electron chi connectivity index (χ2n) is 3.53. The lowest BCUT2D eigenvalue weighted by molar-refractivity contribution is 0.0396. The summed E-state index contributed by atoms with van der Waals surface area (Å²) in [5.41, 5.74) is 1.16. The zero-order chi connectivity index (χ0) is 11.1. The van der Waals surface area contributed by atoms with Gasteiger partial charge in [-0.1, -0.05) is 30.7 Å². The van der Waals surface area contributed by atoms with E-state index in [-0.39, 0.29) is 6.10 Å². The highest BCUT2D eigenvalue weighted by atomic mass is 35.5. The third-order valence-electron chi connectivity index (χ3n) is 2.29. The Bertz CT molecular complexity index is 273. The van der Waals surface area contributed by atoms with Gasteiger partial charge in [0.25, 0.3) is 0 Å². The van der Waals surface area contributed by atoms with E-state index in [1.807, 2.05) is 31.3 Å². The SMILES string of the molecule is CCC(CNC)OCc1ccc(Cl)cc1. The van der Waals surface area contributed by atoms with Crippen molar-refractivity contribution in [1.29, 1.82) is 0 Å². The molecule has 0 aliphatic rings. The zero-order valence-electron chi connectivity index (χ0n) is 9.29. The monoisotopic (exact) mass is 227 g/mol. The van der Waals surface area contributed by atoms with Gasteiger partial charge in [-0.3, -0.25) is 0 Å². The van der Waals surface area contributed by atoms with Gasteiger partial charge in [0.1, 0.15) is 0 Å². The first-order chi connectivity index (χ1) is 7.26. The van der Waals surface area contributed by atoms with Gasteiger partial charge in [-0.15, -0.1) is 0 Å². The van der Waals surface area contributed by atoms with Crippen LogP contribution in [0.5, 0.6) is 0 Å². The van der Waals surface area contributed by atoms with Crippen molar-refractivity contribution in [1.82, 2.24) is 5.32 Å². The van der Waals surface area contributed by atoms with Gasteiger partial charge in [0, 0.05) is 11.6 Å². The van der Waals surface area contributed by atoms with Crippen LogP contribution in [0.2, 0.25) is 5.02 Å². The van der Waals surface area contributed by atoms with E-state index in [2.05, 4.69) is 12.2 Å². The maximum Gasteiger partial charge on any atom is 0.0721 e. The molecule has 0 aromatic heterocycles. The number of ether oxygens (including phenoxy) is 1. The molecule has 2 nitrogen and oxygen atoms in total. The first kappa shape index (κ1) is 12.5. The van der Waals surface area contributed by atoms with Crippen LogP contribution in [0.25, 0.3) is 0 Å². The van der Waals surface area contributed by atoms with E-state index in [0.717, 1.165) is 23.6 Å². The predicted molar refractivity (Wildman–Crippen MR) is 64.2 cm³/mol. The van der Waals surface area contributed by atoms with Crippen molar-refractivity contribution in [2.75, 3.05) is 13.6 Å². The maximum absolute atomic E-state index is 5.80. The fourth-order valence-electron chi connectivity index (χ4n) is 1.34. The van der Waals surface area contributed by atoms with Crippen LogP contribution in [-0.4, -0.2) is 19.7 Å². The van der Waals surface area contributed by atoms with Crippen molar-refractivity contribution < 1.29 is 4.74 Å². The Morgan fingerprint density at radius 1 is 1.33 bits per heavy atom. The minimum absolute atomic E-state index is 0.283. The Hall–Kier alpha value is -0.570. The third-order valence-corrected chi connectivity index (χ3v) is 2.54. The number of hydrogen-bond acceptors (Lipinski definition) is 2. The molecule has 1 aromatic rings. The number of hydrogen-bond donors (Lipinski definition) is 1. The van der Waals surface area contributed by atoms with Crippen molar-refractivity contribution in [3.63, 3.8) is 0 Å². The molecule has 0 heterocycles. The van der Waals surface area contributed by atoms with Gasteiger partial charge in [-0.2, -0.15) is 0 Å². The van der Waals surface area contributed by atoms with Gasteiger partial charge in [0.15, 0.2) is 0 Å². The lowest BCUT2D eigenvalue weighted by Crippen LogP contribution is -2.25. The number of benzene rings is 1. The molecule has 0 bridgehead atoms. The highest BCUT2D eigenvalue weighted by Crippen LogP contribution is 2.11. The van der Waals surface area contributed by atoms with Crippen molar-refractivity contribution in [3.05, 3.63) is 34.9 Å². The number of halogens is 1. The summed E-state index contributed by atoms with van der Waals surface area (Å²) < 4.78 is 5.75. The molecular weight excluding hydrogens is 210 g/mol. The summed E-state index contributed by atoms with van der Waals surface area (Å²) in [7, 11) is 1.94. The van der Waals surface area contributed by atoms with Crippen molar-refractivity contribution in [2.24, 2.45) is 0 Å². The summed E-state index contributed by atoms with van der Waals surface area (Å²) >= 11 is 5.80. The van der Waals surface area contributed by atoms with Crippen LogP contribution in [0.3, 0.4) is 0 Å². The van der Waals surface area contributed by atoms with Gasteiger partial charge in [0.05, 0.1) is 12.7 Å². The molecule has 0 saturated carbocycles. The minimum atomic E-state index is 0.283. The van der Waals surface area contributed by atoms with E-state index in [1.54, 1.807) is 0 Å². The molecule has 0 spiro atoms. The number of nitrogens with one attached hydrogen (secondary N) is 1. The first-order valence-corrected chi connectivity index (χ1v) is 5.64. The lowest BCUT2D eigenvalue weighted by Gasteiger charge is -2.15. The van der Waals surface area contributed by atoms with Crippen LogP contribution in [0.4, 0.5) is 0 Å². The Labute approximate surface area is 96.6 Å². The van der Waals surface area contributed by atoms with E-state index in [4.69, 9.17) is 16.3 Å². The summed E-state index contributed by atoms with van der Waals surface area (Å²) in [6.07, 6.45) is 1.31. The normalized spacial score (nSPS) is 12.7. The Kier molecular flexibility index (Phi) is 5.69. The summed E-state index contributed by atoms with van der Waals surface area (Å²) in [5.74, 6) is 0. The lowest BCUT2D eigenvalue weighted by atomic mass is 10.2.